The zero-order valence-corrected chi connectivity index (χ0v) is 13.4. The van der Waals surface area contributed by atoms with E-state index >= 15 is 0 Å². The van der Waals surface area contributed by atoms with Crippen molar-refractivity contribution in [3.63, 3.8) is 0 Å². The largest absolute Gasteiger partial charge is 0.458 e. The SMILES string of the molecule is CCCC[S@](=O)[C@H]1CCCC[C@@H]1OC(=O)c1ccccc1. The van der Waals surface area contributed by atoms with Gasteiger partial charge in [-0.15, -0.1) is 0 Å². The maximum Gasteiger partial charge on any atom is 0.338 e. The first-order valence-electron chi connectivity index (χ1n) is 7.85. The van der Waals surface area contributed by atoms with Crippen LogP contribution in [0.4, 0.5) is 0 Å². The predicted molar refractivity (Wildman–Crippen MR) is 85.8 cm³/mol. The van der Waals surface area contributed by atoms with Gasteiger partial charge in [0, 0.05) is 16.6 Å². The molecule has 116 valence electrons. The van der Waals surface area contributed by atoms with Crippen LogP contribution in [0, 0.1) is 0 Å². The Hall–Kier alpha value is -1.16. The molecular weight excluding hydrogens is 284 g/mol. The lowest BCUT2D eigenvalue weighted by Crippen LogP contribution is -2.38. The van der Waals surface area contributed by atoms with Crippen LogP contribution in [0.5, 0.6) is 0 Å². The van der Waals surface area contributed by atoms with E-state index in [1.54, 1.807) is 12.1 Å². The molecule has 21 heavy (non-hydrogen) atoms. The first-order chi connectivity index (χ1) is 10.2. The Morgan fingerprint density at radius 2 is 1.95 bits per heavy atom. The van der Waals surface area contributed by atoms with Gasteiger partial charge in [-0.25, -0.2) is 4.79 Å². The molecule has 4 heteroatoms. The summed E-state index contributed by atoms with van der Waals surface area (Å²) in [6.07, 6.45) is 5.71. The van der Waals surface area contributed by atoms with Crippen LogP contribution in [-0.4, -0.2) is 27.3 Å². The van der Waals surface area contributed by atoms with Crippen molar-refractivity contribution in [3.05, 3.63) is 35.9 Å². The molecule has 0 saturated heterocycles. The quantitative estimate of drug-likeness (QED) is 0.753. The van der Waals surface area contributed by atoms with Crippen LogP contribution in [0.15, 0.2) is 30.3 Å². The van der Waals surface area contributed by atoms with Crippen molar-refractivity contribution in [2.75, 3.05) is 5.75 Å². The fourth-order valence-electron chi connectivity index (χ4n) is 2.72. The van der Waals surface area contributed by atoms with Crippen LogP contribution in [0.1, 0.15) is 55.8 Å². The van der Waals surface area contributed by atoms with Crippen LogP contribution >= 0.6 is 0 Å². The highest BCUT2D eigenvalue weighted by Crippen LogP contribution is 2.26. The van der Waals surface area contributed by atoms with E-state index < -0.39 is 10.8 Å². The average Bonchev–Trinajstić information content (AvgIpc) is 2.54. The maximum atomic E-state index is 12.4. The minimum atomic E-state index is -0.886. The molecule has 1 saturated carbocycles. The maximum absolute atomic E-state index is 12.4. The molecule has 1 aliphatic carbocycles. The second-order valence-electron chi connectivity index (χ2n) is 5.57. The molecule has 0 radical (unpaired) electrons. The fourth-order valence-corrected chi connectivity index (χ4v) is 4.55. The van der Waals surface area contributed by atoms with E-state index in [2.05, 4.69) is 6.92 Å². The molecule has 0 aliphatic heterocycles. The van der Waals surface area contributed by atoms with Gasteiger partial charge in [0.15, 0.2) is 0 Å². The number of carbonyl (C=O) groups is 1. The normalized spacial score (nSPS) is 23.5. The number of esters is 1. The second kappa shape index (κ2) is 8.32. The van der Waals surface area contributed by atoms with Crippen molar-refractivity contribution in [3.8, 4) is 0 Å². The highest BCUT2D eigenvalue weighted by atomic mass is 32.2. The summed E-state index contributed by atoms with van der Waals surface area (Å²) < 4.78 is 18.1. The Labute approximate surface area is 129 Å². The highest BCUT2D eigenvalue weighted by Gasteiger charge is 2.32. The Morgan fingerprint density at radius 3 is 2.67 bits per heavy atom. The molecule has 1 fully saturated rings. The third-order valence-electron chi connectivity index (χ3n) is 3.95. The van der Waals surface area contributed by atoms with Gasteiger partial charge in [-0.3, -0.25) is 4.21 Å². The number of ether oxygens (including phenoxy) is 1. The zero-order chi connectivity index (χ0) is 15.1. The molecule has 0 spiro atoms. The highest BCUT2D eigenvalue weighted by molar-refractivity contribution is 7.85. The van der Waals surface area contributed by atoms with Gasteiger partial charge in [0.05, 0.1) is 10.8 Å². The van der Waals surface area contributed by atoms with E-state index in [1.807, 2.05) is 18.2 Å². The molecule has 1 aromatic carbocycles. The Balaban J connectivity index is 1.98. The molecule has 0 unspecified atom stereocenters. The average molecular weight is 308 g/mol. The van der Waals surface area contributed by atoms with Gasteiger partial charge in [-0.2, -0.15) is 0 Å². The number of unbranched alkanes of at least 4 members (excludes halogenated alkanes) is 1. The van der Waals surface area contributed by atoms with Crippen LogP contribution in [0.3, 0.4) is 0 Å². The van der Waals surface area contributed by atoms with Crippen LogP contribution in [-0.2, 0) is 15.5 Å². The van der Waals surface area contributed by atoms with E-state index in [9.17, 15) is 9.00 Å². The molecule has 3 nitrogen and oxygen atoms in total. The summed E-state index contributed by atoms with van der Waals surface area (Å²) in [6.45, 7) is 2.10. The summed E-state index contributed by atoms with van der Waals surface area (Å²) in [6, 6.07) is 9.05. The summed E-state index contributed by atoms with van der Waals surface area (Å²) in [5.41, 5.74) is 0.571. The van der Waals surface area contributed by atoms with Crippen molar-refractivity contribution < 1.29 is 13.7 Å². The molecule has 0 heterocycles. The summed E-state index contributed by atoms with van der Waals surface area (Å²) in [5, 5.41) is 0.0120. The number of hydrogen-bond acceptors (Lipinski definition) is 3. The molecular formula is C17H24O3S. The Morgan fingerprint density at radius 1 is 1.24 bits per heavy atom. The topological polar surface area (TPSA) is 43.4 Å². The molecule has 3 atom stereocenters. The first kappa shape index (κ1) is 16.2. The molecule has 0 N–H and O–H groups in total. The Bertz CT molecular complexity index is 472. The minimum Gasteiger partial charge on any atom is -0.458 e. The van der Waals surface area contributed by atoms with E-state index in [0.29, 0.717) is 5.56 Å². The van der Waals surface area contributed by atoms with Crippen LogP contribution < -0.4 is 0 Å². The zero-order valence-electron chi connectivity index (χ0n) is 12.6. The van der Waals surface area contributed by atoms with Crippen molar-refractivity contribution in [1.29, 1.82) is 0 Å². The molecule has 2 rings (SSSR count). The van der Waals surface area contributed by atoms with Gasteiger partial charge in [-0.1, -0.05) is 38.0 Å². The lowest BCUT2D eigenvalue weighted by Gasteiger charge is -2.30. The summed E-state index contributed by atoms with van der Waals surface area (Å²) >= 11 is 0. The second-order valence-corrected chi connectivity index (χ2v) is 7.35. The van der Waals surface area contributed by atoms with E-state index in [4.69, 9.17) is 4.74 Å². The van der Waals surface area contributed by atoms with Crippen LogP contribution in [0.2, 0.25) is 0 Å². The van der Waals surface area contributed by atoms with Gasteiger partial charge >= 0.3 is 5.97 Å². The number of carbonyl (C=O) groups excluding carboxylic acids is 1. The summed E-state index contributed by atoms with van der Waals surface area (Å²) in [5.74, 6) is 0.431. The van der Waals surface area contributed by atoms with Crippen molar-refractivity contribution >= 4 is 16.8 Å². The minimum absolute atomic E-state index is 0.0120. The molecule has 0 amide bonds. The fraction of sp³-hybridized carbons (Fsp3) is 0.588. The summed E-state index contributed by atoms with van der Waals surface area (Å²) in [7, 11) is -0.886. The lowest BCUT2D eigenvalue weighted by atomic mass is 9.97. The van der Waals surface area contributed by atoms with Gasteiger partial charge < -0.3 is 4.74 Å². The standard InChI is InChI=1S/C17H24O3S/c1-2-3-13-21(19)16-12-8-7-11-15(16)20-17(18)14-9-5-4-6-10-14/h4-6,9-10,15-16H,2-3,7-8,11-13H2,1H3/t15-,16-,21-/m0/s1. The number of benzene rings is 1. The number of rotatable bonds is 6. The van der Waals surface area contributed by atoms with Gasteiger partial charge in [0.1, 0.15) is 6.10 Å². The van der Waals surface area contributed by atoms with E-state index in [-0.39, 0.29) is 17.3 Å². The van der Waals surface area contributed by atoms with E-state index in [1.165, 1.54) is 0 Å². The van der Waals surface area contributed by atoms with E-state index in [0.717, 1.165) is 44.3 Å². The monoisotopic (exact) mass is 308 g/mol. The van der Waals surface area contributed by atoms with Crippen molar-refractivity contribution in [1.82, 2.24) is 0 Å². The first-order valence-corrected chi connectivity index (χ1v) is 9.23. The number of hydrogen-bond donors (Lipinski definition) is 0. The Kier molecular flexibility index (Phi) is 6.43. The van der Waals surface area contributed by atoms with Gasteiger partial charge in [0.25, 0.3) is 0 Å². The molecule has 0 aromatic heterocycles. The van der Waals surface area contributed by atoms with Crippen LogP contribution in [0.25, 0.3) is 0 Å². The lowest BCUT2D eigenvalue weighted by molar-refractivity contribution is 0.0226. The summed E-state index contributed by atoms with van der Waals surface area (Å²) in [4.78, 5) is 12.2. The molecule has 1 aromatic rings. The predicted octanol–water partition coefficient (Wildman–Crippen LogP) is 3.70. The third-order valence-corrected chi connectivity index (χ3v) is 5.85. The third kappa shape index (κ3) is 4.67. The van der Waals surface area contributed by atoms with Gasteiger partial charge in [0.2, 0.25) is 0 Å². The van der Waals surface area contributed by atoms with Gasteiger partial charge in [-0.05, 0) is 37.8 Å². The molecule has 1 aliphatic rings. The van der Waals surface area contributed by atoms with Crippen molar-refractivity contribution in [2.24, 2.45) is 0 Å². The van der Waals surface area contributed by atoms with Crippen molar-refractivity contribution in [2.45, 2.75) is 56.8 Å². The molecule has 0 bridgehead atoms. The smallest absolute Gasteiger partial charge is 0.338 e.